The molecule has 124 valence electrons. The van der Waals surface area contributed by atoms with Crippen molar-refractivity contribution in [3.63, 3.8) is 0 Å². The Kier molecular flexibility index (Phi) is 3.94. The van der Waals surface area contributed by atoms with Gasteiger partial charge in [-0.1, -0.05) is 0 Å². The number of amides is 3. The maximum absolute atomic E-state index is 12.4. The predicted octanol–water partition coefficient (Wildman–Crippen LogP) is -2.37. The highest BCUT2D eigenvalue weighted by Crippen LogP contribution is 2.43. The van der Waals surface area contributed by atoms with Gasteiger partial charge in [0.2, 0.25) is 27.7 Å². The van der Waals surface area contributed by atoms with Gasteiger partial charge in [-0.3, -0.25) is 14.4 Å². The number of carbonyl (C=O) groups is 3. The molecule has 2 heterocycles. The lowest BCUT2D eigenvalue weighted by molar-refractivity contribution is -0.177. The van der Waals surface area contributed by atoms with Gasteiger partial charge in [-0.25, -0.2) is 12.7 Å². The number of aliphatic hydroxyl groups is 1. The third kappa shape index (κ3) is 2.56. The van der Waals surface area contributed by atoms with Crippen molar-refractivity contribution in [2.45, 2.75) is 31.9 Å². The normalized spacial score (nSPS) is 28.5. The van der Waals surface area contributed by atoms with E-state index < -0.39 is 45.3 Å². The summed E-state index contributed by atoms with van der Waals surface area (Å²) in [5.41, 5.74) is 4.20. The van der Waals surface area contributed by atoms with E-state index in [0.29, 0.717) is 0 Å². The minimum absolute atomic E-state index is 0.0623. The van der Waals surface area contributed by atoms with Crippen LogP contribution in [0.4, 0.5) is 0 Å². The Morgan fingerprint density at radius 1 is 1.41 bits per heavy atom. The molecule has 10 heteroatoms. The molecule has 2 saturated heterocycles. The van der Waals surface area contributed by atoms with E-state index in [4.69, 9.17) is 5.73 Å². The fourth-order valence-electron chi connectivity index (χ4n) is 3.13. The number of nitrogens with two attached hydrogens (primary N) is 1. The zero-order chi connectivity index (χ0) is 16.9. The summed E-state index contributed by atoms with van der Waals surface area (Å²) in [6, 6.07) is -1.14. The van der Waals surface area contributed by atoms with Crippen LogP contribution in [0.15, 0.2) is 0 Å². The van der Waals surface area contributed by atoms with Crippen molar-refractivity contribution in [3.05, 3.63) is 0 Å². The van der Waals surface area contributed by atoms with Crippen LogP contribution in [-0.2, 0) is 24.4 Å². The lowest BCUT2D eigenvalue weighted by Crippen LogP contribution is -2.71. The molecule has 2 aliphatic rings. The highest BCUT2D eigenvalue weighted by Gasteiger charge is 2.59. The molecule has 0 aromatic carbocycles. The molecule has 1 spiro atoms. The van der Waals surface area contributed by atoms with Crippen LogP contribution in [0.25, 0.3) is 0 Å². The van der Waals surface area contributed by atoms with Crippen molar-refractivity contribution in [3.8, 4) is 0 Å². The number of hydrogen-bond donors (Lipinski definition) is 2. The van der Waals surface area contributed by atoms with Crippen LogP contribution in [0.3, 0.4) is 0 Å². The highest BCUT2D eigenvalue weighted by atomic mass is 32.2. The van der Waals surface area contributed by atoms with Crippen LogP contribution < -0.4 is 5.73 Å². The maximum atomic E-state index is 12.4. The second kappa shape index (κ2) is 5.20. The summed E-state index contributed by atoms with van der Waals surface area (Å²) >= 11 is 0. The molecule has 9 nitrogen and oxygen atoms in total. The van der Waals surface area contributed by atoms with Gasteiger partial charge in [0, 0.05) is 19.5 Å². The standard InChI is InChI=1S/C12H19N3O6S/c1-7(16)9(10(13)18)14-6-12(11(14)19)3-4-15(8(17)5-12)22(2,20)21/h7,9,16H,3-6H2,1-2H3,(H2,13,18)/t7-,9+,12?/m1/s1. The number of piperidine rings is 1. The summed E-state index contributed by atoms with van der Waals surface area (Å²) < 4.78 is 23.7. The number of likely N-dealkylation sites (tertiary alicyclic amines) is 1. The zero-order valence-electron chi connectivity index (χ0n) is 12.4. The molecule has 2 fully saturated rings. The number of sulfonamides is 1. The molecule has 1 unspecified atom stereocenters. The van der Waals surface area contributed by atoms with Gasteiger partial charge in [-0.2, -0.15) is 0 Å². The molecule has 0 bridgehead atoms. The highest BCUT2D eigenvalue weighted by molar-refractivity contribution is 7.88. The van der Waals surface area contributed by atoms with Crippen molar-refractivity contribution in [2.24, 2.45) is 11.1 Å². The first-order chi connectivity index (χ1) is 9.99. The average Bonchev–Trinajstić information content (AvgIpc) is 2.35. The first-order valence-corrected chi connectivity index (χ1v) is 8.63. The summed E-state index contributed by atoms with van der Waals surface area (Å²) in [6.45, 7) is 1.39. The van der Waals surface area contributed by atoms with Crippen LogP contribution in [-0.4, -0.2) is 71.9 Å². The van der Waals surface area contributed by atoms with Crippen LogP contribution in [0.5, 0.6) is 0 Å². The molecule has 2 aliphatic heterocycles. The lowest BCUT2D eigenvalue weighted by Gasteiger charge is -2.53. The van der Waals surface area contributed by atoms with E-state index in [9.17, 15) is 27.9 Å². The van der Waals surface area contributed by atoms with Gasteiger partial charge in [-0.15, -0.1) is 0 Å². The zero-order valence-corrected chi connectivity index (χ0v) is 13.2. The molecule has 3 N–H and O–H groups in total. The fraction of sp³-hybridized carbons (Fsp3) is 0.750. The van der Waals surface area contributed by atoms with Crippen molar-refractivity contribution in [1.29, 1.82) is 0 Å². The SMILES string of the molecule is C[C@@H](O)[C@@H](C(N)=O)N1CC2(CCN(S(C)(=O)=O)C(=O)C2)C1=O. The van der Waals surface area contributed by atoms with E-state index in [1.54, 1.807) is 0 Å². The maximum Gasteiger partial charge on any atom is 0.242 e. The van der Waals surface area contributed by atoms with Crippen LogP contribution in [0.2, 0.25) is 0 Å². The molecule has 22 heavy (non-hydrogen) atoms. The smallest absolute Gasteiger partial charge is 0.242 e. The van der Waals surface area contributed by atoms with E-state index in [0.717, 1.165) is 15.5 Å². The molecular formula is C12H19N3O6S. The Hall–Kier alpha value is -1.68. The third-order valence-corrected chi connectivity index (χ3v) is 5.42. The second-order valence-electron chi connectivity index (χ2n) is 5.96. The molecule has 3 atom stereocenters. The van der Waals surface area contributed by atoms with Crippen molar-refractivity contribution in [2.75, 3.05) is 19.3 Å². The van der Waals surface area contributed by atoms with E-state index >= 15 is 0 Å². The van der Waals surface area contributed by atoms with Crippen LogP contribution in [0.1, 0.15) is 19.8 Å². The Morgan fingerprint density at radius 2 is 2.00 bits per heavy atom. The number of aliphatic hydroxyl groups excluding tert-OH is 1. The molecule has 0 saturated carbocycles. The summed E-state index contributed by atoms with van der Waals surface area (Å²) in [4.78, 5) is 36.9. The first kappa shape index (κ1) is 16.7. The van der Waals surface area contributed by atoms with E-state index in [1.807, 2.05) is 0 Å². The van der Waals surface area contributed by atoms with Crippen molar-refractivity contribution in [1.82, 2.24) is 9.21 Å². The number of primary amides is 1. The van der Waals surface area contributed by atoms with E-state index in [1.165, 1.54) is 6.92 Å². The minimum atomic E-state index is -3.64. The van der Waals surface area contributed by atoms with Crippen LogP contribution >= 0.6 is 0 Å². The summed E-state index contributed by atoms with van der Waals surface area (Å²) in [7, 11) is -3.64. The largest absolute Gasteiger partial charge is 0.391 e. The third-order valence-electron chi connectivity index (χ3n) is 4.23. The van der Waals surface area contributed by atoms with Gasteiger partial charge < -0.3 is 15.7 Å². The van der Waals surface area contributed by atoms with Gasteiger partial charge in [-0.05, 0) is 13.3 Å². The Bertz CT molecular complexity index is 631. The minimum Gasteiger partial charge on any atom is -0.391 e. The summed E-state index contributed by atoms with van der Waals surface area (Å²) in [5.74, 6) is -1.90. The summed E-state index contributed by atoms with van der Waals surface area (Å²) in [5, 5.41) is 9.57. The molecule has 0 aromatic rings. The molecule has 0 aliphatic carbocycles. The molecule has 0 aromatic heterocycles. The molecule has 3 amide bonds. The number of β-lactam (4-membered cyclic amide) rings is 1. The second-order valence-corrected chi connectivity index (χ2v) is 7.86. The topological polar surface area (TPSA) is 138 Å². The Morgan fingerprint density at radius 3 is 2.36 bits per heavy atom. The van der Waals surface area contributed by atoms with Crippen molar-refractivity contribution >= 4 is 27.7 Å². The number of rotatable bonds is 4. The Labute approximate surface area is 128 Å². The molecular weight excluding hydrogens is 314 g/mol. The lowest BCUT2D eigenvalue weighted by atomic mass is 9.70. The average molecular weight is 333 g/mol. The van der Waals surface area contributed by atoms with E-state index in [-0.39, 0.29) is 25.9 Å². The van der Waals surface area contributed by atoms with Gasteiger partial charge in [0.15, 0.2) is 0 Å². The summed E-state index contributed by atoms with van der Waals surface area (Å²) in [6.07, 6.45) is -0.202. The molecule has 2 rings (SSSR count). The van der Waals surface area contributed by atoms with Gasteiger partial charge in [0.1, 0.15) is 6.04 Å². The fourth-order valence-corrected chi connectivity index (χ4v) is 3.99. The molecule has 0 radical (unpaired) electrons. The number of hydrogen-bond acceptors (Lipinski definition) is 6. The Balaban J connectivity index is 2.13. The van der Waals surface area contributed by atoms with Crippen molar-refractivity contribution < 1.29 is 27.9 Å². The van der Waals surface area contributed by atoms with Gasteiger partial charge >= 0.3 is 0 Å². The predicted molar refractivity (Wildman–Crippen MR) is 74.6 cm³/mol. The quantitative estimate of drug-likeness (QED) is 0.552. The number of nitrogens with zero attached hydrogens (tertiary/aromatic N) is 2. The number of carbonyl (C=O) groups excluding carboxylic acids is 3. The van der Waals surface area contributed by atoms with E-state index in [2.05, 4.69) is 0 Å². The monoisotopic (exact) mass is 333 g/mol. The van der Waals surface area contributed by atoms with Gasteiger partial charge in [0.25, 0.3) is 0 Å². The van der Waals surface area contributed by atoms with Gasteiger partial charge in [0.05, 0.1) is 17.8 Å². The first-order valence-electron chi connectivity index (χ1n) is 6.78. The van der Waals surface area contributed by atoms with Crippen LogP contribution in [0, 0.1) is 5.41 Å².